The highest BCUT2D eigenvalue weighted by molar-refractivity contribution is 7.99. The maximum absolute atomic E-state index is 12.0. The van der Waals surface area contributed by atoms with Crippen molar-refractivity contribution >= 4 is 29.5 Å². The van der Waals surface area contributed by atoms with Crippen molar-refractivity contribution in [1.82, 2.24) is 0 Å². The highest BCUT2D eigenvalue weighted by Gasteiger charge is 2.29. The Morgan fingerprint density at radius 1 is 1.26 bits per heavy atom. The number of thioether (sulfide) groups is 2. The second-order valence-electron chi connectivity index (χ2n) is 4.70. The fourth-order valence-electron chi connectivity index (χ4n) is 2.10. The third-order valence-corrected chi connectivity index (χ3v) is 4.74. The van der Waals surface area contributed by atoms with Crippen LogP contribution in [0.4, 0.5) is 13.2 Å². The van der Waals surface area contributed by atoms with Crippen molar-refractivity contribution in [2.45, 2.75) is 38.0 Å². The lowest BCUT2D eigenvalue weighted by Crippen LogP contribution is -2.26. The first-order chi connectivity index (χ1) is 8.90. The average molecular weight is 316 g/mol. The third kappa shape index (κ3) is 7.97. The van der Waals surface area contributed by atoms with Gasteiger partial charge >= 0.3 is 12.1 Å². The maximum atomic E-state index is 12.0. The molecule has 1 saturated carbocycles. The van der Waals surface area contributed by atoms with Crippen LogP contribution in [0.1, 0.15) is 25.7 Å². The van der Waals surface area contributed by atoms with Crippen LogP contribution in [0.2, 0.25) is 0 Å². The fraction of sp³-hybridized carbons (Fsp3) is 0.917. The lowest BCUT2D eigenvalue weighted by atomic mass is 9.89. The standard InChI is InChI=1S/C12H19F3O2S2/c1-18-7-11(16)17-10-4-2-9(3-5-10)6-19-8-12(13,14)15/h9-10H,2-8H2,1H3. The van der Waals surface area contributed by atoms with Crippen LogP contribution in [0.3, 0.4) is 0 Å². The topological polar surface area (TPSA) is 26.3 Å². The van der Waals surface area contributed by atoms with Crippen molar-refractivity contribution < 1.29 is 22.7 Å². The minimum atomic E-state index is -4.07. The summed E-state index contributed by atoms with van der Waals surface area (Å²) in [6, 6.07) is 0. The van der Waals surface area contributed by atoms with E-state index in [1.165, 1.54) is 11.8 Å². The van der Waals surface area contributed by atoms with E-state index in [9.17, 15) is 18.0 Å². The van der Waals surface area contributed by atoms with E-state index < -0.39 is 11.9 Å². The van der Waals surface area contributed by atoms with Crippen LogP contribution in [-0.4, -0.2) is 41.8 Å². The van der Waals surface area contributed by atoms with Crippen LogP contribution >= 0.6 is 23.5 Å². The van der Waals surface area contributed by atoms with Crippen LogP contribution in [-0.2, 0) is 9.53 Å². The summed E-state index contributed by atoms with van der Waals surface area (Å²) in [5, 5.41) is 0. The van der Waals surface area contributed by atoms with Gasteiger partial charge in [-0.1, -0.05) is 0 Å². The molecule has 0 saturated heterocycles. The molecule has 0 radical (unpaired) electrons. The van der Waals surface area contributed by atoms with Crippen molar-refractivity contribution in [2.24, 2.45) is 5.92 Å². The molecule has 0 bridgehead atoms. The predicted molar refractivity (Wildman–Crippen MR) is 73.6 cm³/mol. The van der Waals surface area contributed by atoms with E-state index in [4.69, 9.17) is 4.74 Å². The number of carbonyl (C=O) groups excluding carboxylic acids is 1. The molecule has 0 aromatic carbocycles. The average Bonchev–Trinajstić information content (AvgIpc) is 2.30. The fourth-order valence-corrected chi connectivity index (χ4v) is 3.42. The number of alkyl halides is 3. The molecule has 0 atom stereocenters. The summed E-state index contributed by atoms with van der Waals surface area (Å²) in [6.45, 7) is 0. The van der Waals surface area contributed by atoms with Gasteiger partial charge in [-0.05, 0) is 43.6 Å². The second-order valence-corrected chi connectivity index (χ2v) is 6.59. The minimum absolute atomic E-state index is 0.0384. The quantitative estimate of drug-likeness (QED) is 0.697. The van der Waals surface area contributed by atoms with Gasteiger partial charge in [0.25, 0.3) is 0 Å². The Morgan fingerprint density at radius 3 is 2.42 bits per heavy atom. The van der Waals surface area contributed by atoms with Crippen molar-refractivity contribution in [3.05, 3.63) is 0 Å². The molecule has 1 fully saturated rings. The van der Waals surface area contributed by atoms with Gasteiger partial charge in [-0.15, -0.1) is 0 Å². The molecule has 19 heavy (non-hydrogen) atoms. The monoisotopic (exact) mass is 316 g/mol. The Bertz CT molecular complexity index is 277. The van der Waals surface area contributed by atoms with Crippen molar-refractivity contribution in [2.75, 3.05) is 23.5 Å². The molecule has 1 aliphatic rings. The summed E-state index contributed by atoms with van der Waals surface area (Å²) in [5.41, 5.74) is 0. The molecule has 0 spiro atoms. The smallest absolute Gasteiger partial charge is 0.397 e. The zero-order chi connectivity index (χ0) is 14.3. The highest BCUT2D eigenvalue weighted by Crippen LogP contribution is 2.31. The summed E-state index contributed by atoms with van der Waals surface area (Å²) in [5.74, 6) is 0.271. The van der Waals surface area contributed by atoms with Gasteiger partial charge in [0.1, 0.15) is 6.10 Å². The van der Waals surface area contributed by atoms with Gasteiger partial charge in [0.2, 0.25) is 0 Å². The molecular weight excluding hydrogens is 297 g/mol. The van der Waals surface area contributed by atoms with Gasteiger partial charge in [0.05, 0.1) is 11.5 Å². The largest absolute Gasteiger partial charge is 0.462 e. The summed E-state index contributed by atoms with van der Waals surface area (Å²) in [4.78, 5) is 11.3. The number of rotatable bonds is 6. The SMILES string of the molecule is CSCC(=O)OC1CCC(CSCC(F)(F)F)CC1. The molecule has 7 heteroatoms. The van der Waals surface area contributed by atoms with E-state index in [0.29, 0.717) is 17.4 Å². The molecule has 1 rings (SSSR count). The van der Waals surface area contributed by atoms with Crippen LogP contribution in [0.25, 0.3) is 0 Å². The van der Waals surface area contributed by atoms with Gasteiger partial charge in [-0.3, -0.25) is 4.79 Å². The number of halogens is 3. The van der Waals surface area contributed by atoms with Gasteiger partial charge in [0, 0.05) is 0 Å². The van der Waals surface area contributed by atoms with E-state index >= 15 is 0 Å². The predicted octanol–water partition coefficient (Wildman–Crippen LogP) is 3.75. The Balaban J connectivity index is 2.13. The molecule has 0 amide bonds. The molecule has 0 aromatic rings. The summed E-state index contributed by atoms with van der Waals surface area (Å²) < 4.78 is 41.3. The molecule has 0 aromatic heterocycles. The van der Waals surface area contributed by atoms with E-state index in [1.807, 2.05) is 6.26 Å². The lowest BCUT2D eigenvalue weighted by Gasteiger charge is -2.28. The molecular formula is C12H19F3O2S2. The molecule has 0 unspecified atom stereocenters. The number of hydrogen-bond acceptors (Lipinski definition) is 4. The Labute approximate surface area is 120 Å². The second kappa shape index (κ2) is 8.29. The maximum Gasteiger partial charge on any atom is 0.397 e. The highest BCUT2D eigenvalue weighted by atomic mass is 32.2. The van der Waals surface area contributed by atoms with Gasteiger partial charge < -0.3 is 4.74 Å². The zero-order valence-electron chi connectivity index (χ0n) is 10.9. The summed E-state index contributed by atoms with van der Waals surface area (Å²) >= 11 is 2.38. The normalized spacial score (nSPS) is 24.2. The first-order valence-corrected chi connectivity index (χ1v) is 8.78. The molecule has 0 aliphatic heterocycles. The van der Waals surface area contributed by atoms with E-state index in [0.717, 1.165) is 37.4 Å². The lowest BCUT2D eigenvalue weighted by molar-refractivity contribution is -0.147. The minimum Gasteiger partial charge on any atom is -0.462 e. The Hall–Kier alpha value is -0.0400. The van der Waals surface area contributed by atoms with Crippen LogP contribution < -0.4 is 0 Å². The molecule has 0 heterocycles. The third-order valence-electron chi connectivity index (χ3n) is 2.97. The van der Waals surface area contributed by atoms with Gasteiger partial charge in [0.15, 0.2) is 0 Å². The van der Waals surface area contributed by atoms with Crippen molar-refractivity contribution in [3.63, 3.8) is 0 Å². The summed E-state index contributed by atoms with van der Waals surface area (Å²) in [7, 11) is 0. The van der Waals surface area contributed by atoms with E-state index in [1.54, 1.807) is 0 Å². The Morgan fingerprint density at radius 2 is 1.89 bits per heavy atom. The number of esters is 1. The van der Waals surface area contributed by atoms with E-state index in [2.05, 4.69) is 0 Å². The van der Waals surface area contributed by atoms with Gasteiger partial charge in [-0.2, -0.15) is 36.7 Å². The summed E-state index contributed by atoms with van der Waals surface area (Å²) in [6.07, 6.45) is 0.980. The molecule has 1 aliphatic carbocycles. The van der Waals surface area contributed by atoms with E-state index in [-0.39, 0.29) is 12.1 Å². The molecule has 112 valence electrons. The number of carbonyl (C=O) groups is 1. The first kappa shape index (κ1) is 17.0. The van der Waals surface area contributed by atoms with Crippen molar-refractivity contribution in [3.8, 4) is 0 Å². The van der Waals surface area contributed by atoms with Crippen LogP contribution in [0.5, 0.6) is 0 Å². The number of ether oxygens (including phenoxy) is 1. The Kier molecular flexibility index (Phi) is 7.42. The first-order valence-electron chi connectivity index (χ1n) is 6.23. The van der Waals surface area contributed by atoms with Crippen LogP contribution in [0, 0.1) is 5.92 Å². The molecule has 0 N–H and O–H groups in total. The van der Waals surface area contributed by atoms with Gasteiger partial charge in [-0.25, -0.2) is 0 Å². The molecule has 2 nitrogen and oxygen atoms in total. The zero-order valence-corrected chi connectivity index (χ0v) is 12.5. The van der Waals surface area contributed by atoms with Crippen molar-refractivity contribution in [1.29, 1.82) is 0 Å². The van der Waals surface area contributed by atoms with Crippen LogP contribution in [0.15, 0.2) is 0 Å². The number of hydrogen-bond donors (Lipinski definition) is 0.